The van der Waals surface area contributed by atoms with Gasteiger partial charge in [0, 0.05) is 39.3 Å². The zero-order valence-electron chi connectivity index (χ0n) is 27.1. The van der Waals surface area contributed by atoms with Gasteiger partial charge in [0.2, 0.25) is 0 Å². The van der Waals surface area contributed by atoms with Gasteiger partial charge in [0.15, 0.2) is 0 Å². The molecule has 0 aliphatic carbocycles. The lowest BCUT2D eigenvalue weighted by atomic mass is 10.0. The second-order valence-electron chi connectivity index (χ2n) is 11.8. The van der Waals surface area contributed by atoms with Crippen molar-refractivity contribution in [3.8, 4) is 22.5 Å². The Balaban J connectivity index is 0.000000200. The Labute approximate surface area is 281 Å². The summed E-state index contributed by atoms with van der Waals surface area (Å²) in [6.45, 7) is 4.51. The van der Waals surface area contributed by atoms with Crippen molar-refractivity contribution in [1.29, 1.82) is 0 Å². The Morgan fingerprint density at radius 2 is 0.800 bits per heavy atom. The Hall–Kier alpha value is -3.77. The summed E-state index contributed by atoms with van der Waals surface area (Å²) >= 11 is 0. The van der Waals surface area contributed by atoms with Gasteiger partial charge >= 0.3 is 0 Å². The first-order valence-corrected chi connectivity index (χ1v) is 16.6. The van der Waals surface area contributed by atoms with E-state index < -0.39 is 0 Å². The highest BCUT2D eigenvalue weighted by Crippen LogP contribution is 2.23. The number of unbranched alkanes of at least 4 members (excludes halogenated alkanes) is 6. The van der Waals surface area contributed by atoms with Gasteiger partial charge in [-0.1, -0.05) is 149 Å². The molecule has 0 spiro atoms. The zero-order valence-corrected chi connectivity index (χ0v) is 28.2. The number of benzene rings is 4. The minimum Gasteiger partial charge on any atom is -0.248 e. The quantitative estimate of drug-likeness (QED) is 0.102. The van der Waals surface area contributed by atoms with E-state index >= 15 is 0 Å². The first kappa shape index (κ1) is 34.1. The number of hydrogen-bond acceptors (Lipinski definition) is 2. The summed E-state index contributed by atoms with van der Waals surface area (Å²) in [6, 6.07) is 42.8. The van der Waals surface area contributed by atoms with Gasteiger partial charge < -0.3 is 0 Å². The molecule has 0 aliphatic heterocycles. The van der Waals surface area contributed by atoms with Crippen LogP contribution >= 0.6 is 0 Å². The second-order valence-corrected chi connectivity index (χ2v) is 11.8. The molecule has 2 aromatic heterocycles. The predicted molar refractivity (Wildman–Crippen MR) is 196 cm³/mol. The van der Waals surface area contributed by atoms with Gasteiger partial charge in [-0.15, -0.1) is 0 Å². The number of pyridine rings is 2. The van der Waals surface area contributed by atoms with Crippen molar-refractivity contribution < 1.29 is 0 Å². The smallest absolute Gasteiger partial charge is 0.0709 e. The van der Waals surface area contributed by atoms with Crippen LogP contribution in [-0.2, 0) is 12.8 Å². The molecule has 0 saturated heterocycles. The second kappa shape index (κ2) is 18.3. The van der Waals surface area contributed by atoms with E-state index in [4.69, 9.17) is 9.97 Å². The molecule has 0 aliphatic rings. The Morgan fingerprint density at radius 3 is 1.20 bits per heavy atom. The summed E-state index contributed by atoms with van der Waals surface area (Å²) in [4.78, 5) is 9.52. The van der Waals surface area contributed by atoms with Gasteiger partial charge in [-0.05, 0) is 61.1 Å². The lowest BCUT2D eigenvalue weighted by molar-refractivity contribution is 0.667. The Kier molecular flexibility index (Phi) is 13.8. The van der Waals surface area contributed by atoms with Crippen molar-refractivity contribution in [2.45, 2.75) is 78.1 Å². The maximum absolute atomic E-state index is 4.76. The van der Waals surface area contributed by atoms with Crippen molar-refractivity contribution in [3.63, 3.8) is 0 Å². The van der Waals surface area contributed by atoms with Crippen LogP contribution < -0.4 is 0 Å². The molecule has 2 nitrogen and oxygen atoms in total. The summed E-state index contributed by atoms with van der Waals surface area (Å²) in [6.07, 6.45) is 12.9. The van der Waals surface area contributed by atoms with Gasteiger partial charge in [-0.2, -0.15) is 0 Å². The molecule has 3 radical (unpaired) electrons. The maximum atomic E-state index is 4.76. The molecule has 0 unspecified atom stereocenters. The van der Waals surface area contributed by atoms with E-state index in [0.717, 1.165) is 22.4 Å². The number of aryl methyl sites for hydroxylation is 2. The summed E-state index contributed by atoms with van der Waals surface area (Å²) in [5.74, 6) is 0. The molecule has 0 N–H and O–H groups in total. The Bertz CT molecular complexity index is 1590. The molecule has 2 heterocycles. The van der Waals surface area contributed by atoms with Crippen LogP contribution in [0, 0.1) is 0 Å². The van der Waals surface area contributed by atoms with Gasteiger partial charge in [0.25, 0.3) is 0 Å². The van der Waals surface area contributed by atoms with Crippen LogP contribution in [0.5, 0.6) is 0 Å². The summed E-state index contributed by atoms with van der Waals surface area (Å²) < 4.78 is 0. The molecular weight excluding hydrogens is 559 g/mol. The number of nitrogens with zero attached hydrogens (tertiary/aromatic N) is 2. The van der Waals surface area contributed by atoms with Crippen molar-refractivity contribution in [2.75, 3.05) is 0 Å². The monoisotopic (exact) mass is 605 g/mol. The molecule has 0 atom stereocenters. The fourth-order valence-electron chi connectivity index (χ4n) is 5.65. The van der Waals surface area contributed by atoms with Crippen LogP contribution in [0.3, 0.4) is 0 Å². The SMILES string of the molecule is CCCCCCc1ccc(-c2ccc3ccccc3n2)cc1.CCCCCCc1ccc(-c2ccc3ccccc3n2)cc1.[Al]. The fourth-order valence-corrected chi connectivity index (χ4v) is 5.65. The third-order valence-corrected chi connectivity index (χ3v) is 8.33. The standard InChI is InChI=1S/2C21H23N.Al/c2*1-2-3-4-5-8-17-11-13-19(14-12-17)21-16-15-18-9-6-7-10-20(18)22-21;/h2*6-7,9-16H,2-5,8H2,1H3;. The normalized spacial score (nSPS) is 10.7. The average Bonchev–Trinajstić information content (AvgIpc) is 3.09. The van der Waals surface area contributed by atoms with Crippen LogP contribution in [-0.4, -0.2) is 27.3 Å². The number of para-hydroxylation sites is 2. The molecule has 0 bridgehead atoms. The van der Waals surface area contributed by atoms with Gasteiger partial charge in [-0.25, -0.2) is 9.97 Å². The Morgan fingerprint density at radius 1 is 0.400 bits per heavy atom. The van der Waals surface area contributed by atoms with E-state index in [2.05, 4.69) is 123 Å². The van der Waals surface area contributed by atoms with E-state index in [1.807, 2.05) is 12.1 Å². The molecule has 6 rings (SSSR count). The summed E-state index contributed by atoms with van der Waals surface area (Å²) in [7, 11) is 0. The molecule has 0 saturated carbocycles. The predicted octanol–water partition coefficient (Wildman–Crippen LogP) is 11.7. The van der Waals surface area contributed by atoms with E-state index in [1.165, 1.54) is 97.2 Å². The van der Waals surface area contributed by atoms with E-state index in [0.29, 0.717) is 0 Å². The lowest BCUT2D eigenvalue weighted by Gasteiger charge is -2.05. The first-order chi connectivity index (χ1) is 21.7. The highest BCUT2D eigenvalue weighted by Gasteiger charge is 2.03. The van der Waals surface area contributed by atoms with Gasteiger partial charge in [0.1, 0.15) is 0 Å². The summed E-state index contributed by atoms with van der Waals surface area (Å²) in [5.41, 5.74) is 9.48. The number of rotatable bonds is 12. The maximum Gasteiger partial charge on any atom is 0.0709 e. The molecule has 0 amide bonds. The largest absolute Gasteiger partial charge is 0.248 e. The van der Waals surface area contributed by atoms with Crippen molar-refractivity contribution in [3.05, 3.63) is 132 Å². The lowest BCUT2D eigenvalue weighted by Crippen LogP contribution is -1.88. The van der Waals surface area contributed by atoms with Crippen molar-refractivity contribution >= 4 is 39.2 Å². The van der Waals surface area contributed by atoms with Gasteiger partial charge in [0.05, 0.1) is 22.4 Å². The minimum absolute atomic E-state index is 0. The van der Waals surface area contributed by atoms with Gasteiger partial charge in [-0.3, -0.25) is 0 Å². The highest BCUT2D eigenvalue weighted by molar-refractivity contribution is 5.82. The molecule has 45 heavy (non-hydrogen) atoms. The molecule has 4 aromatic carbocycles. The van der Waals surface area contributed by atoms with Crippen molar-refractivity contribution in [2.24, 2.45) is 0 Å². The molecule has 3 heteroatoms. The highest BCUT2D eigenvalue weighted by atomic mass is 27.0. The molecule has 227 valence electrons. The third-order valence-electron chi connectivity index (χ3n) is 8.33. The summed E-state index contributed by atoms with van der Waals surface area (Å²) in [5, 5.41) is 2.39. The molecule has 6 aromatic rings. The number of aromatic nitrogens is 2. The van der Waals surface area contributed by atoms with E-state index in [-0.39, 0.29) is 17.4 Å². The topological polar surface area (TPSA) is 25.8 Å². The van der Waals surface area contributed by atoms with Crippen LogP contribution in [0.2, 0.25) is 0 Å². The number of fused-ring (bicyclic) bond motifs is 2. The minimum atomic E-state index is 0. The third kappa shape index (κ3) is 10.1. The van der Waals surface area contributed by atoms with Crippen LogP contribution in [0.15, 0.2) is 121 Å². The molecule has 0 fully saturated rings. The fraction of sp³-hybridized carbons (Fsp3) is 0.286. The van der Waals surface area contributed by atoms with Crippen molar-refractivity contribution in [1.82, 2.24) is 9.97 Å². The molecular formula is C42H46AlN2. The average molecular weight is 606 g/mol. The zero-order chi connectivity index (χ0) is 30.4. The van der Waals surface area contributed by atoms with E-state index in [9.17, 15) is 0 Å². The van der Waals surface area contributed by atoms with E-state index in [1.54, 1.807) is 0 Å². The van der Waals surface area contributed by atoms with Crippen LogP contribution in [0.1, 0.15) is 76.3 Å². The first-order valence-electron chi connectivity index (χ1n) is 16.6. The number of hydrogen-bond donors (Lipinski definition) is 0. The van der Waals surface area contributed by atoms with Crippen LogP contribution in [0.4, 0.5) is 0 Å². The van der Waals surface area contributed by atoms with Crippen LogP contribution in [0.25, 0.3) is 44.3 Å².